The van der Waals surface area contributed by atoms with Crippen molar-refractivity contribution in [3.05, 3.63) is 29.6 Å². The predicted octanol–water partition coefficient (Wildman–Crippen LogP) is 2.28. The molecule has 1 atom stereocenters. The van der Waals surface area contributed by atoms with Crippen molar-refractivity contribution >= 4 is 21.6 Å². The van der Waals surface area contributed by atoms with Gasteiger partial charge in [-0.05, 0) is 45.1 Å². The Balaban J connectivity index is 2.36. The normalized spacial score (nSPS) is 22.2. The number of benzene rings is 1. The highest BCUT2D eigenvalue weighted by molar-refractivity contribution is 7.89. The second-order valence-corrected chi connectivity index (χ2v) is 7.63. The van der Waals surface area contributed by atoms with Crippen molar-refractivity contribution in [1.29, 1.82) is 0 Å². The van der Waals surface area contributed by atoms with E-state index < -0.39 is 15.8 Å². The Hall–Kier alpha value is -0.690. The van der Waals surface area contributed by atoms with E-state index in [1.165, 1.54) is 22.5 Å². The monoisotopic (exact) mass is 334 g/mol. The Kier molecular flexibility index (Phi) is 5.24. The lowest BCUT2D eigenvalue weighted by Crippen LogP contribution is -2.41. The van der Waals surface area contributed by atoms with Gasteiger partial charge in [-0.25, -0.2) is 12.8 Å². The van der Waals surface area contributed by atoms with Gasteiger partial charge in [0.25, 0.3) is 0 Å². The second-order valence-electron chi connectivity index (χ2n) is 5.47. The van der Waals surface area contributed by atoms with Crippen LogP contribution in [0.15, 0.2) is 23.1 Å². The summed E-state index contributed by atoms with van der Waals surface area (Å²) in [5.74, 6) is -0.527. The van der Waals surface area contributed by atoms with Gasteiger partial charge < -0.3 is 4.90 Å². The first-order chi connectivity index (χ1) is 9.86. The third-order valence-electron chi connectivity index (χ3n) is 3.75. The summed E-state index contributed by atoms with van der Waals surface area (Å²) in [5.41, 5.74) is 0.206. The molecule has 1 aromatic carbocycles. The average Bonchev–Trinajstić information content (AvgIpc) is 2.59. The molecule has 0 bridgehead atoms. The van der Waals surface area contributed by atoms with Crippen LogP contribution in [0.3, 0.4) is 0 Å². The number of likely N-dealkylation sites (N-methyl/N-ethyl adjacent to an activating group) is 1. The molecular formula is C14H20ClFN2O2S. The highest BCUT2D eigenvalue weighted by Gasteiger charge is 2.31. The molecular weight excluding hydrogens is 315 g/mol. The van der Waals surface area contributed by atoms with Crippen molar-refractivity contribution < 1.29 is 12.8 Å². The van der Waals surface area contributed by atoms with Crippen molar-refractivity contribution in [2.45, 2.75) is 30.2 Å². The number of halogens is 2. The first kappa shape index (κ1) is 16.7. The molecule has 1 fully saturated rings. The fourth-order valence-electron chi connectivity index (χ4n) is 2.66. The molecule has 1 unspecified atom stereocenters. The van der Waals surface area contributed by atoms with Crippen LogP contribution in [0.25, 0.3) is 0 Å². The molecule has 0 saturated carbocycles. The minimum atomic E-state index is -3.63. The minimum Gasteiger partial charge on any atom is -0.305 e. The lowest BCUT2D eigenvalue weighted by Gasteiger charge is -2.27. The third-order valence-corrected chi connectivity index (χ3v) is 6.05. The van der Waals surface area contributed by atoms with Crippen LogP contribution in [0.1, 0.15) is 18.9 Å². The summed E-state index contributed by atoms with van der Waals surface area (Å²) in [4.78, 5) is 2.23. The van der Waals surface area contributed by atoms with Crippen LogP contribution < -0.4 is 0 Å². The molecule has 1 aliphatic heterocycles. The Bertz CT molecular complexity index is 609. The molecule has 4 nitrogen and oxygen atoms in total. The van der Waals surface area contributed by atoms with E-state index in [1.807, 2.05) is 14.0 Å². The minimum absolute atomic E-state index is 0.0481. The Labute approximate surface area is 130 Å². The van der Waals surface area contributed by atoms with Crippen LogP contribution >= 0.6 is 11.6 Å². The van der Waals surface area contributed by atoms with E-state index in [2.05, 4.69) is 4.90 Å². The zero-order valence-corrected chi connectivity index (χ0v) is 13.8. The molecule has 1 heterocycles. The van der Waals surface area contributed by atoms with E-state index >= 15 is 0 Å². The number of nitrogens with zero attached hydrogens (tertiary/aromatic N) is 2. The zero-order chi connectivity index (χ0) is 15.6. The molecule has 1 saturated heterocycles. The molecule has 0 aromatic heterocycles. The van der Waals surface area contributed by atoms with Gasteiger partial charge in [-0.15, -0.1) is 11.6 Å². The molecule has 0 radical (unpaired) electrons. The highest BCUT2D eigenvalue weighted by Crippen LogP contribution is 2.23. The Morgan fingerprint density at radius 3 is 2.76 bits per heavy atom. The lowest BCUT2D eigenvalue weighted by molar-refractivity contribution is 0.290. The first-order valence-corrected chi connectivity index (χ1v) is 8.88. The van der Waals surface area contributed by atoms with Gasteiger partial charge in [-0.3, -0.25) is 0 Å². The van der Waals surface area contributed by atoms with Crippen LogP contribution in [0.2, 0.25) is 0 Å². The van der Waals surface area contributed by atoms with Gasteiger partial charge in [0.15, 0.2) is 0 Å². The Morgan fingerprint density at radius 1 is 1.38 bits per heavy atom. The van der Waals surface area contributed by atoms with Gasteiger partial charge in [0.1, 0.15) is 5.82 Å². The highest BCUT2D eigenvalue weighted by atomic mass is 35.5. The summed E-state index contributed by atoms with van der Waals surface area (Å²) >= 11 is 5.66. The van der Waals surface area contributed by atoms with Gasteiger partial charge in [0.2, 0.25) is 10.0 Å². The first-order valence-electron chi connectivity index (χ1n) is 6.91. The van der Waals surface area contributed by atoms with Crippen LogP contribution in [-0.2, 0) is 15.9 Å². The summed E-state index contributed by atoms with van der Waals surface area (Å²) in [5, 5.41) is 0. The fourth-order valence-corrected chi connectivity index (χ4v) is 4.57. The van der Waals surface area contributed by atoms with Crippen molar-refractivity contribution in [2.24, 2.45) is 0 Å². The molecule has 7 heteroatoms. The van der Waals surface area contributed by atoms with Crippen LogP contribution in [0.5, 0.6) is 0 Å². The smallest absolute Gasteiger partial charge is 0.243 e. The number of sulfonamides is 1. The molecule has 1 aliphatic rings. The predicted molar refractivity (Wildman–Crippen MR) is 81.4 cm³/mol. The van der Waals surface area contributed by atoms with E-state index in [1.54, 1.807) is 0 Å². The van der Waals surface area contributed by atoms with Gasteiger partial charge in [-0.2, -0.15) is 4.31 Å². The molecule has 0 amide bonds. The largest absolute Gasteiger partial charge is 0.305 e. The van der Waals surface area contributed by atoms with Crippen molar-refractivity contribution in [2.75, 3.05) is 26.7 Å². The van der Waals surface area contributed by atoms with Gasteiger partial charge in [0, 0.05) is 24.7 Å². The summed E-state index contributed by atoms with van der Waals surface area (Å²) in [6, 6.07) is 3.69. The van der Waals surface area contributed by atoms with E-state index in [0.717, 1.165) is 13.0 Å². The van der Waals surface area contributed by atoms with E-state index in [0.29, 0.717) is 13.1 Å². The number of hydrogen-bond acceptors (Lipinski definition) is 3. The summed E-state index contributed by atoms with van der Waals surface area (Å²) in [6.07, 6.45) is 0.781. The maximum atomic E-state index is 13.5. The molecule has 118 valence electrons. The molecule has 1 aromatic rings. The number of alkyl halides is 1. The van der Waals surface area contributed by atoms with Crippen LogP contribution in [0, 0.1) is 5.82 Å². The Morgan fingerprint density at radius 2 is 2.10 bits per heavy atom. The molecule has 0 aliphatic carbocycles. The quantitative estimate of drug-likeness (QED) is 0.796. The second kappa shape index (κ2) is 6.60. The van der Waals surface area contributed by atoms with Crippen LogP contribution in [-0.4, -0.2) is 50.3 Å². The summed E-state index contributed by atoms with van der Waals surface area (Å²) in [7, 11) is -1.64. The standard InChI is InChI=1S/C14H20ClFN2O2S/c1-11-10-17(2)6-3-7-18(11)21(19,20)13-4-5-14(16)12(8-13)9-15/h4-5,8,11H,3,6-7,9-10H2,1-2H3. The third kappa shape index (κ3) is 3.56. The van der Waals surface area contributed by atoms with E-state index in [4.69, 9.17) is 11.6 Å². The van der Waals surface area contributed by atoms with Crippen molar-refractivity contribution in [3.63, 3.8) is 0 Å². The number of hydrogen-bond donors (Lipinski definition) is 0. The molecule has 2 rings (SSSR count). The number of rotatable bonds is 3. The topological polar surface area (TPSA) is 40.6 Å². The molecule has 0 spiro atoms. The van der Waals surface area contributed by atoms with Crippen molar-refractivity contribution in [1.82, 2.24) is 9.21 Å². The van der Waals surface area contributed by atoms with Gasteiger partial charge >= 0.3 is 0 Å². The SMILES string of the molecule is CC1CN(C)CCCN1S(=O)(=O)c1ccc(F)c(CCl)c1. The lowest BCUT2D eigenvalue weighted by atomic mass is 10.2. The van der Waals surface area contributed by atoms with E-state index in [9.17, 15) is 12.8 Å². The van der Waals surface area contributed by atoms with E-state index in [-0.39, 0.29) is 22.4 Å². The van der Waals surface area contributed by atoms with Gasteiger partial charge in [-0.1, -0.05) is 0 Å². The summed E-state index contributed by atoms with van der Waals surface area (Å²) < 4.78 is 40.6. The summed E-state index contributed by atoms with van der Waals surface area (Å²) in [6.45, 7) is 3.92. The van der Waals surface area contributed by atoms with Crippen LogP contribution in [0.4, 0.5) is 4.39 Å². The van der Waals surface area contributed by atoms with Gasteiger partial charge in [0.05, 0.1) is 10.8 Å². The zero-order valence-electron chi connectivity index (χ0n) is 12.2. The van der Waals surface area contributed by atoms with Crippen molar-refractivity contribution in [3.8, 4) is 0 Å². The molecule has 21 heavy (non-hydrogen) atoms. The maximum absolute atomic E-state index is 13.5. The molecule has 0 N–H and O–H groups in total. The maximum Gasteiger partial charge on any atom is 0.243 e. The fraction of sp³-hybridized carbons (Fsp3) is 0.571. The average molecular weight is 335 g/mol.